The zero-order valence-electron chi connectivity index (χ0n) is 19.5. The lowest BCUT2D eigenvalue weighted by Crippen LogP contribution is -2.59. The number of hydrogen-bond donors (Lipinski definition) is 0. The number of amides is 1. The van der Waals surface area contributed by atoms with Crippen molar-refractivity contribution in [1.29, 1.82) is 0 Å². The Morgan fingerprint density at radius 1 is 1.09 bits per heavy atom. The minimum Gasteiger partial charge on any atom is -0.459 e. The normalized spacial score (nSPS) is 24.1. The van der Waals surface area contributed by atoms with Crippen molar-refractivity contribution in [2.45, 2.75) is 64.2 Å². The first kappa shape index (κ1) is 23.1. The SMILES string of the molecule is CC(C)(C)OC(=O)N1CCC2(CC1)CC(N1CCO[C@@H](COC(=O)c3ccccc3)C1)C2. The average Bonchev–Trinajstić information content (AvgIpc) is 2.75. The van der Waals surface area contributed by atoms with Gasteiger partial charge in [0.1, 0.15) is 18.3 Å². The third kappa shape index (κ3) is 5.62. The van der Waals surface area contributed by atoms with Gasteiger partial charge in [-0.1, -0.05) is 18.2 Å². The lowest BCUT2D eigenvalue weighted by Gasteiger charge is -2.56. The summed E-state index contributed by atoms with van der Waals surface area (Å²) < 4.78 is 16.9. The number of carbonyl (C=O) groups excluding carboxylic acids is 2. The van der Waals surface area contributed by atoms with Gasteiger partial charge in [0.25, 0.3) is 0 Å². The first-order valence-corrected chi connectivity index (χ1v) is 11.8. The molecular weight excluding hydrogens is 408 g/mol. The molecule has 2 heterocycles. The zero-order chi connectivity index (χ0) is 22.8. The third-order valence-electron chi connectivity index (χ3n) is 6.91. The van der Waals surface area contributed by atoms with Gasteiger partial charge in [-0.05, 0) is 64.0 Å². The minimum atomic E-state index is -0.448. The van der Waals surface area contributed by atoms with E-state index in [4.69, 9.17) is 14.2 Å². The van der Waals surface area contributed by atoms with Crippen molar-refractivity contribution in [3.05, 3.63) is 35.9 Å². The van der Waals surface area contributed by atoms with Crippen LogP contribution in [0.15, 0.2) is 30.3 Å². The Balaban J connectivity index is 1.19. The molecule has 1 aromatic carbocycles. The number of ether oxygens (including phenoxy) is 3. The number of piperidine rings is 1. The highest BCUT2D eigenvalue weighted by atomic mass is 16.6. The number of rotatable bonds is 4. The van der Waals surface area contributed by atoms with E-state index in [1.165, 1.54) is 12.8 Å². The molecule has 3 fully saturated rings. The van der Waals surface area contributed by atoms with Crippen LogP contribution in [0.3, 0.4) is 0 Å². The van der Waals surface area contributed by atoms with Crippen LogP contribution >= 0.6 is 0 Å². The van der Waals surface area contributed by atoms with Gasteiger partial charge in [0.05, 0.1) is 12.2 Å². The van der Waals surface area contributed by atoms with Gasteiger partial charge in [-0.25, -0.2) is 9.59 Å². The molecule has 1 aromatic rings. The van der Waals surface area contributed by atoms with Gasteiger partial charge in [-0.2, -0.15) is 0 Å². The van der Waals surface area contributed by atoms with Gasteiger partial charge in [0.15, 0.2) is 0 Å². The van der Waals surface area contributed by atoms with Gasteiger partial charge in [0.2, 0.25) is 0 Å². The molecule has 1 saturated carbocycles. The van der Waals surface area contributed by atoms with E-state index in [1.54, 1.807) is 12.1 Å². The van der Waals surface area contributed by atoms with Gasteiger partial charge in [0, 0.05) is 32.2 Å². The van der Waals surface area contributed by atoms with Crippen LogP contribution < -0.4 is 0 Å². The quantitative estimate of drug-likeness (QED) is 0.660. The Bertz CT molecular complexity index is 790. The van der Waals surface area contributed by atoms with Crippen LogP contribution in [0.25, 0.3) is 0 Å². The highest BCUT2D eigenvalue weighted by Crippen LogP contribution is 2.51. The van der Waals surface area contributed by atoms with Crippen LogP contribution in [-0.2, 0) is 14.2 Å². The molecule has 176 valence electrons. The molecular formula is C25H36N2O5. The number of nitrogens with zero attached hydrogens (tertiary/aromatic N) is 2. The predicted octanol–water partition coefficient (Wildman–Crippen LogP) is 3.72. The molecule has 3 aliphatic rings. The zero-order valence-corrected chi connectivity index (χ0v) is 19.5. The van der Waals surface area contributed by atoms with E-state index in [9.17, 15) is 9.59 Å². The van der Waals surface area contributed by atoms with Crippen molar-refractivity contribution in [3.63, 3.8) is 0 Å². The second-order valence-corrected chi connectivity index (χ2v) is 10.5. The Morgan fingerprint density at radius 2 is 1.78 bits per heavy atom. The standard InChI is InChI=1S/C25H36N2O5/c1-24(2,3)32-23(29)26-11-9-25(10-12-26)15-20(16-25)27-13-14-30-21(17-27)18-31-22(28)19-7-5-4-6-8-19/h4-8,20-21H,9-18H2,1-3H3/t21-/m1/s1. The highest BCUT2D eigenvalue weighted by molar-refractivity contribution is 5.89. The summed E-state index contributed by atoms with van der Waals surface area (Å²) in [7, 11) is 0. The van der Waals surface area contributed by atoms with Gasteiger partial charge in [-0.3, -0.25) is 4.90 Å². The lowest BCUT2D eigenvalue weighted by atomic mass is 9.60. The molecule has 7 heteroatoms. The molecule has 0 radical (unpaired) electrons. The van der Waals surface area contributed by atoms with Crippen molar-refractivity contribution >= 4 is 12.1 Å². The Morgan fingerprint density at radius 3 is 2.44 bits per heavy atom. The summed E-state index contributed by atoms with van der Waals surface area (Å²) in [5.41, 5.74) is 0.478. The predicted molar refractivity (Wildman–Crippen MR) is 121 cm³/mol. The number of likely N-dealkylation sites (tertiary alicyclic amines) is 1. The third-order valence-corrected chi connectivity index (χ3v) is 6.91. The van der Waals surface area contributed by atoms with Crippen LogP contribution in [0.1, 0.15) is 56.8 Å². The number of esters is 1. The first-order valence-electron chi connectivity index (χ1n) is 11.8. The van der Waals surface area contributed by atoms with Gasteiger partial charge >= 0.3 is 12.1 Å². The van der Waals surface area contributed by atoms with E-state index in [0.717, 1.165) is 39.0 Å². The summed E-state index contributed by atoms with van der Waals surface area (Å²) in [4.78, 5) is 28.9. The van der Waals surface area contributed by atoms with E-state index in [1.807, 2.05) is 43.9 Å². The van der Waals surface area contributed by atoms with E-state index < -0.39 is 5.60 Å². The topological polar surface area (TPSA) is 68.3 Å². The van der Waals surface area contributed by atoms with E-state index in [-0.39, 0.29) is 24.8 Å². The average molecular weight is 445 g/mol. The summed E-state index contributed by atoms with van der Waals surface area (Å²) in [6.45, 7) is 9.96. The first-order chi connectivity index (χ1) is 15.2. The van der Waals surface area contributed by atoms with Crippen LogP contribution in [0, 0.1) is 5.41 Å². The van der Waals surface area contributed by atoms with Crippen molar-refractivity contribution in [2.75, 3.05) is 39.4 Å². The van der Waals surface area contributed by atoms with E-state index in [2.05, 4.69) is 4.90 Å². The molecule has 1 amide bonds. The molecule has 2 saturated heterocycles. The van der Waals surface area contributed by atoms with E-state index >= 15 is 0 Å². The molecule has 4 rings (SSSR count). The summed E-state index contributed by atoms with van der Waals surface area (Å²) in [6, 6.07) is 9.63. The number of hydrogen-bond acceptors (Lipinski definition) is 6. The summed E-state index contributed by atoms with van der Waals surface area (Å²) in [5.74, 6) is -0.300. The smallest absolute Gasteiger partial charge is 0.410 e. The van der Waals surface area contributed by atoms with Crippen molar-refractivity contribution in [3.8, 4) is 0 Å². The second-order valence-electron chi connectivity index (χ2n) is 10.5. The molecule has 1 aliphatic carbocycles. The molecule has 7 nitrogen and oxygen atoms in total. The number of morpholine rings is 1. The summed E-state index contributed by atoms with van der Waals surface area (Å²) >= 11 is 0. The maximum atomic E-state index is 12.3. The van der Waals surface area contributed by atoms with Crippen LogP contribution in [0.5, 0.6) is 0 Å². The Kier molecular flexibility index (Phi) is 6.77. The molecule has 32 heavy (non-hydrogen) atoms. The molecule has 1 atom stereocenters. The molecule has 0 unspecified atom stereocenters. The van der Waals surface area contributed by atoms with Crippen LogP contribution in [-0.4, -0.2) is 79.0 Å². The Labute approximate surface area is 191 Å². The number of benzene rings is 1. The maximum absolute atomic E-state index is 12.3. The fourth-order valence-corrected chi connectivity index (χ4v) is 5.10. The summed E-state index contributed by atoms with van der Waals surface area (Å²) in [5, 5.41) is 0. The molecule has 2 aliphatic heterocycles. The fourth-order valence-electron chi connectivity index (χ4n) is 5.10. The highest BCUT2D eigenvalue weighted by Gasteiger charge is 2.49. The van der Waals surface area contributed by atoms with Gasteiger partial charge < -0.3 is 19.1 Å². The molecule has 0 aromatic heterocycles. The van der Waals surface area contributed by atoms with Crippen molar-refractivity contribution < 1.29 is 23.8 Å². The lowest BCUT2D eigenvalue weighted by molar-refractivity contribution is -0.109. The monoisotopic (exact) mass is 444 g/mol. The van der Waals surface area contributed by atoms with Crippen LogP contribution in [0.4, 0.5) is 4.79 Å². The van der Waals surface area contributed by atoms with Gasteiger partial charge in [-0.15, -0.1) is 0 Å². The largest absolute Gasteiger partial charge is 0.459 e. The number of carbonyl (C=O) groups is 2. The second kappa shape index (κ2) is 9.40. The fraction of sp³-hybridized carbons (Fsp3) is 0.680. The Hall–Kier alpha value is -2.12. The minimum absolute atomic E-state index is 0.0815. The molecule has 0 N–H and O–H groups in total. The van der Waals surface area contributed by atoms with Crippen molar-refractivity contribution in [2.24, 2.45) is 5.41 Å². The maximum Gasteiger partial charge on any atom is 0.410 e. The molecule has 1 spiro atoms. The van der Waals surface area contributed by atoms with Crippen LogP contribution in [0.2, 0.25) is 0 Å². The summed E-state index contributed by atoms with van der Waals surface area (Å²) in [6.07, 6.45) is 4.17. The molecule has 0 bridgehead atoms. The van der Waals surface area contributed by atoms with Crippen molar-refractivity contribution in [1.82, 2.24) is 9.80 Å². The van der Waals surface area contributed by atoms with E-state index in [0.29, 0.717) is 23.6 Å².